The second kappa shape index (κ2) is 13.7. The average molecular weight is 445 g/mol. The van der Waals surface area contributed by atoms with E-state index in [4.69, 9.17) is 0 Å². The van der Waals surface area contributed by atoms with Crippen LogP contribution in [0.1, 0.15) is 66.4 Å². The summed E-state index contributed by atoms with van der Waals surface area (Å²) in [5, 5.41) is 11.3. The molecule has 0 heterocycles. The van der Waals surface area contributed by atoms with Crippen LogP contribution in [0.2, 0.25) is 0 Å². The standard InChI is InChI=1S/C26H40N2O4/c1-18(2)15-23(22(26(31)32)14-10-13-21-11-8-7-9-12-21)25(30)27-28(17-20(5)6)24(29)16-19(3)4/h7-13,18-20,22-23H,14-17H2,1-6H3,(H,27,30)(H,31,32)/t22-,23-/m0/s1. The molecule has 1 rings (SSSR count). The van der Waals surface area contributed by atoms with E-state index in [0.29, 0.717) is 19.4 Å². The predicted octanol–water partition coefficient (Wildman–Crippen LogP) is 5.01. The fourth-order valence-electron chi connectivity index (χ4n) is 3.56. The number of allylic oxidation sites excluding steroid dienone is 1. The number of hydrogen-bond acceptors (Lipinski definition) is 3. The van der Waals surface area contributed by atoms with E-state index in [1.165, 1.54) is 5.01 Å². The molecule has 0 radical (unpaired) electrons. The van der Waals surface area contributed by atoms with Crippen LogP contribution in [0.3, 0.4) is 0 Å². The van der Waals surface area contributed by atoms with Gasteiger partial charge in [0.05, 0.1) is 11.8 Å². The number of carbonyl (C=O) groups is 3. The summed E-state index contributed by atoms with van der Waals surface area (Å²) in [5.41, 5.74) is 3.74. The average Bonchev–Trinajstić information content (AvgIpc) is 2.68. The normalized spacial score (nSPS) is 13.5. The number of carbonyl (C=O) groups excluding carboxylic acids is 2. The van der Waals surface area contributed by atoms with Gasteiger partial charge in [0, 0.05) is 13.0 Å². The van der Waals surface area contributed by atoms with Crippen molar-refractivity contribution in [3.8, 4) is 0 Å². The van der Waals surface area contributed by atoms with Gasteiger partial charge in [0.2, 0.25) is 11.8 Å². The first kappa shape index (κ1) is 27.4. The number of amides is 2. The highest BCUT2D eigenvalue weighted by Gasteiger charge is 2.35. The van der Waals surface area contributed by atoms with Crippen LogP contribution in [0.25, 0.3) is 6.08 Å². The molecule has 0 fully saturated rings. The topological polar surface area (TPSA) is 86.7 Å². The molecule has 0 aromatic heterocycles. The highest BCUT2D eigenvalue weighted by molar-refractivity contribution is 5.87. The van der Waals surface area contributed by atoms with Crippen molar-refractivity contribution in [1.82, 2.24) is 10.4 Å². The SMILES string of the molecule is CC(C)CC(=O)N(CC(C)C)NC(=O)[C@@H](CC(C)C)[C@H](CC=Cc1ccccc1)C(=O)O. The Morgan fingerprint density at radius 3 is 2.06 bits per heavy atom. The minimum absolute atomic E-state index is 0.135. The number of aliphatic carboxylic acids is 1. The summed E-state index contributed by atoms with van der Waals surface area (Å²) in [4.78, 5) is 38.1. The fourth-order valence-corrected chi connectivity index (χ4v) is 3.56. The molecule has 6 nitrogen and oxygen atoms in total. The smallest absolute Gasteiger partial charge is 0.307 e. The lowest BCUT2D eigenvalue weighted by molar-refractivity contribution is -0.151. The molecule has 1 aromatic rings. The van der Waals surface area contributed by atoms with Crippen molar-refractivity contribution < 1.29 is 19.5 Å². The Hall–Kier alpha value is -2.63. The van der Waals surface area contributed by atoms with Crippen LogP contribution in [-0.4, -0.2) is 34.4 Å². The molecule has 2 atom stereocenters. The van der Waals surface area contributed by atoms with Crippen LogP contribution >= 0.6 is 0 Å². The fraction of sp³-hybridized carbons (Fsp3) is 0.577. The first-order chi connectivity index (χ1) is 15.0. The van der Waals surface area contributed by atoms with Gasteiger partial charge in [0.15, 0.2) is 0 Å². The Bertz CT molecular complexity index is 756. The molecule has 0 aliphatic carbocycles. The molecule has 0 saturated carbocycles. The maximum absolute atomic E-state index is 13.2. The lowest BCUT2D eigenvalue weighted by atomic mass is 9.82. The summed E-state index contributed by atoms with van der Waals surface area (Å²) in [5.74, 6) is -2.72. The second-order valence-electron chi connectivity index (χ2n) is 9.70. The lowest BCUT2D eigenvalue weighted by Crippen LogP contribution is -2.51. The van der Waals surface area contributed by atoms with Crippen molar-refractivity contribution in [2.75, 3.05) is 6.54 Å². The van der Waals surface area contributed by atoms with Crippen molar-refractivity contribution in [2.24, 2.45) is 29.6 Å². The van der Waals surface area contributed by atoms with Gasteiger partial charge in [-0.2, -0.15) is 0 Å². The highest BCUT2D eigenvalue weighted by atomic mass is 16.4. The van der Waals surface area contributed by atoms with Gasteiger partial charge in [-0.25, -0.2) is 0 Å². The van der Waals surface area contributed by atoms with Crippen LogP contribution in [0.5, 0.6) is 0 Å². The summed E-state index contributed by atoms with van der Waals surface area (Å²) in [6.45, 7) is 12.2. The van der Waals surface area contributed by atoms with Crippen molar-refractivity contribution in [2.45, 2.75) is 60.8 Å². The molecule has 0 aliphatic rings. The number of nitrogens with zero attached hydrogens (tertiary/aromatic N) is 1. The largest absolute Gasteiger partial charge is 0.481 e. The highest BCUT2D eigenvalue weighted by Crippen LogP contribution is 2.26. The number of nitrogens with one attached hydrogen (secondary N) is 1. The zero-order valence-corrected chi connectivity index (χ0v) is 20.4. The summed E-state index contributed by atoms with van der Waals surface area (Å²) >= 11 is 0. The molecule has 0 saturated heterocycles. The van der Waals surface area contributed by atoms with Gasteiger partial charge in [-0.15, -0.1) is 0 Å². The number of carboxylic acids is 1. The zero-order chi connectivity index (χ0) is 24.3. The van der Waals surface area contributed by atoms with E-state index >= 15 is 0 Å². The number of hydrazine groups is 1. The maximum Gasteiger partial charge on any atom is 0.307 e. The number of hydrogen-bond donors (Lipinski definition) is 2. The number of carboxylic acid groups (broad SMARTS) is 1. The molecule has 0 unspecified atom stereocenters. The Balaban J connectivity index is 3.06. The van der Waals surface area contributed by atoms with Crippen molar-refractivity contribution >= 4 is 23.9 Å². The molecular weight excluding hydrogens is 404 g/mol. The first-order valence-electron chi connectivity index (χ1n) is 11.6. The second-order valence-corrected chi connectivity index (χ2v) is 9.70. The molecule has 0 spiro atoms. The Kier molecular flexibility index (Phi) is 11.7. The first-order valence-corrected chi connectivity index (χ1v) is 11.6. The Morgan fingerprint density at radius 2 is 1.56 bits per heavy atom. The molecular formula is C26H40N2O4. The van der Waals surface area contributed by atoms with Crippen LogP contribution in [0.4, 0.5) is 0 Å². The molecule has 0 bridgehead atoms. The monoisotopic (exact) mass is 444 g/mol. The summed E-state index contributed by atoms with van der Waals surface area (Å²) in [6.07, 6.45) is 4.67. The minimum atomic E-state index is -1.01. The molecule has 6 heteroatoms. The quantitative estimate of drug-likeness (QED) is 0.444. The van der Waals surface area contributed by atoms with Gasteiger partial charge >= 0.3 is 5.97 Å². The van der Waals surface area contributed by atoms with Crippen LogP contribution in [-0.2, 0) is 14.4 Å². The van der Waals surface area contributed by atoms with E-state index < -0.39 is 23.7 Å². The number of benzene rings is 1. The van der Waals surface area contributed by atoms with E-state index in [9.17, 15) is 19.5 Å². The van der Waals surface area contributed by atoms with E-state index in [1.807, 2.05) is 84.0 Å². The van der Waals surface area contributed by atoms with Gasteiger partial charge in [-0.3, -0.25) is 24.8 Å². The summed E-state index contributed by atoms with van der Waals surface area (Å²) in [6, 6.07) is 9.63. The molecule has 2 N–H and O–H groups in total. The maximum atomic E-state index is 13.2. The van der Waals surface area contributed by atoms with E-state index in [2.05, 4.69) is 5.43 Å². The summed E-state index contributed by atoms with van der Waals surface area (Å²) < 4.78 is 0. The van der Waals surface area contributed by atoms with Crippen molar-refractivity contribution in [3.63, 3.8) is 0 Å². The van der Waals surface area contributed by atoms with Gasteiger partial charge in [-0.1, -0.05) is 84.0 Å². The third-order valence-electron chi connectivity index (χ3n) is 5.04. The molecule has 178 valence electrons. The summed E-state index contributed by atoms with van der Waals surface area (Å²) in [7, 11) is 0. The van der Waals surface area contributed by atoms with Crippen LogP contribution in [0.15, 0.2) is 36.4 Å². The number of rotatable bonds is 12. The minimum Gasteiger partial charge on any atom is -0.481 e. The molecule has 1 aromatic carbocycles. The predicted molar refractivity (Wildman–Crippen MR) is 128 cm³/mol. The van der Waals surface area contributed by atoms with Gasteiger partial charge in [0.25, 0.3) is 0 Å². The molecule has 32 heavy (non-hydrogen) atoms. The van der Waals surface area contributed by atoms with E-state index in [1.54, 1.807) is 0 Å². The van der Waals surface area contributed by atoms with E-state index in [0.717, 1.165) is 5.56 Å². The lowest BCUT2D eigenvalue weighted by Gasteiger charge is -2.30. The van der Waals surface area contributed by atoms with Gasteiger partial charge < -0.3 is 5.11 Å². The molecule has 2 amide bonds. The van der Waals surface area contributed by atoms with Crippen molar-refractivity contribution in [3.05, 3.63) is 42.0 Å². The third-order valence-corrected chi connectivity index (χ3v) is 5.04. The zero-order valence-electron chi connectivity index (χ0n) is 20.4. The van der Waals surface area contributed by atoms with Gasteiger partial charge in [0.1, 0.15) is 0 Å². The Morgan fingerprint density at radius 1 is 0.938 bits per heavy atom. The van der Waals surface area contributed by atoms with Crippen LogP contribution < -0.4 is 5.43 Å². The van der Waals surface area contributed by atoms with Gasteiger partial charge in [-0.05, 0) is 36.2 Å². The third kappa shape index (κ3) is 10.1. The Labute approximate surface area is 193 Å². The van der Waals surface area contributed by atoms with Crippen LogP contribution in [0, 0.1) is 29.6 Å². The van der Waals surface area contributed by atoms with E-state index in [-0.39, 0.29) is 30.1 Å². The van der Waals surface area contributed by atoms with Crippen molar-refractivity contribution in [1.29, 1.82) is 0 Å². The molecule has 0 aliphatic heterocycles.